The maximum Gasteiger partial charge on any atom is 0.274 e. The predicted octanol–water partition coefficient (Wildman–Crippen LogP) is 2.98. The van der Waals surface area contributed by atoms with Gasteiger partial charge in [0.05, 0.1) is 5.69 Å². The van der Waals surface area contributed by atoms with Crippen LogP contribution in [0.2, 0.25) is 0 Å². The first-order valence-corrected chi connectivity index (χ1v) is 7.79. The molecule has 0 saturated carbocycles. The molecule has 0 bridgehead atoms. The highest BCUT2D eigenvalue weighted by atomic mass is 16.1. The third kappa shape index (κ3) is 2.72. The molecule has 0 fully saturated rings. The molecule has 0 aliphatic heterocycles. The van der Waals surface area contributed by atoms with E-state index in [1.54, 1.807) is 6.07 Å². The first-order valence-electron chi connectivity index (χ1n) is 7.79. The average molecular weight is 316 g/mol. The summed E-state index contributed by atoms with van der Waals surface area (Å²) in [6.07, 6.45) is 0.610. The van der Waals surface area contributed by atoms with Crippen LogP contribution in [0.15, 0.2) is 65.5 Å². The number of fused-ring (bicyclic) bond motifs is 1. The van der Waals surface area contributed by atoms with E-state index in [0.29, 0.717) is 23.7 Å². The summed E-state index contributed by atoms with van der Waals surface area (Å²) in [5.74, 6) is 1.03. The molecule has 0 saturated heterocycles. The highest BCUT2D eigenvalue weighted by molar-refractivity contribution is 5.57. The highest BCUT2D eigenvalue weighted by Crippen LogP contribution is 2.16. The Hall–Kier alpha value is -3.21. The molecule has 5 nitrogen and oxygen atoms in total. The zero-order valence-corrected chi connectivity index (χ0v) is 13.2. The van der Waals surface area contributed by atoms with Crippen LogP contribution in [0, 0.1) is 6.92 Å². The molecule has 4 rings (SSSR count). The van der Waals surface area contributed by atoms with Gasteiger partial charge in [0.25, 0.3) is 11.3 Å². The molecule has 0 aliphatic rings. The van der Waals surface area contributed by atoms with Crippen molar-refractivity contribution >= 4 is 5.78 Å². The Morgan fingerprint density at radius 1 is 1.00 bits per heavy atom. The molecule has 0 spiro atoms. The van der Waals surface area contributed by atoms with Gasteiger partial charge in [-0.2, -0.15) is 9.50 Å². The minimum absolute atomic E-state index is 0.156. The number of rotatable bonds is 3. The van der Waals surface area contributed by atoms with Gasteiger partial charge in [-0.3, -0.25) is 9.89 Å². The van der Waals surface area contributed by atoms with Crippen molar-refractivity contribution in [2.45, 2.75) is 13.3 Å². The van der Waals surface area contributed by atoms with Crippen LogP contribution in [0.4, 0.5) is 0 Å². The highest BCUT2D eigenvalue weighted by Gasteiger charge is 2.10. The number of H-pyrrole nitrogens is 1. The van der Waals surface area contributed by atoms with Gasteiger partial charge in [0.2, 0.25) is 0 Å². The van der Waals surface area contributed by atoms with E-state index in [-0.39, 0.29) is 5.56 Å². The van der Waals surface area contributed by atoms with Gasteiger partial charge in [-0.15, -0.1) is 0 Å². The van der Waals surface area contributed by atoms with Crippen LogP contribution < -0.4 is 5.56 Å². The van der Waals surface area contributed by atoms with E-state index in [1.165, 1.54) is 10.1 Å². The van der Waals surface area contributed by atoms with E-state index in [1.807, 2.05) is 61.5 Å². The van der Waals surface area contributed by atoms with E-state index in [9.17, 15) is 4.79 Å². The van der Waals surface area contributed by atoms with Gasteiger partial charge < -0.3 is 0 Å². The second kappa shape index (κ2) is 5.77. The normalized spacial score (nSPS) is 11.0. The van der Waals surface area contributed by atoms with Crippen molar-refractivity contribution in [2.24, 2.45) is 0 Å². The summed E-state index contributed by atoms with van der Waals surface area (Å²) in [5.41, 5.74) is 3.78. The summed E-state index contributed by atoms with van der Waals surface area (Å²) in [6.45, 7) is 2.03. The second-order valence-electron chi connectivity index (χ2n) is 5.82. The number of benzene rings is 2. The molecule has 118 valence electrons. The summed E-state index contributed by atoms with van der Waals surface area (Å²) >= 11 is 0. The Morgan fingerprint density at radius 2 is 1.75 bits per heavy atom. The smallest absolute Gasteiger partial charge is 0.271 e. The van der Waals surface area contributed by atoms with E-state index in [4.69, 9.17) is 0 Å². The Morgan fingerprint density at radius 3 is 2.50 bits per heavy atom. The van der Waals surface area contributed by atoms with Gasteiger partial charge in [0.1, 0.15) is 0 Å². The molecule has 0 unspecified atom stereocenters. The summed E-state index contributed by atoms with van der Waals surface area (Å²) in [4.78, 5) is 21.3. The molecule has 0 radical (unpaired) electrons. The molecule has 2 aromatic carbocycles. The lowest BCUT2D eigenvalue weighted by atomic mass is 10.1. The molecule has 1 N–H and O–H groups in total. The van der Waals surface area contributed by atoms with Gasteiger partial charge in [-0.05, 0) is 12.5 Å². The number of nitrogens with one attached hydrogen (secondary N) is 1. The maximum atomic E-state index is 12.3. The van der Waals surface area contributed by atoms with E-state index in [0.717, 1.165) is 11.1 Å². The van der Waals surface area contributed by atoms with Crippen molar-refractivity contribution in [3.8, 4) is 11.4 Å². The molecule has 2 aromatic heterocycles. The number of aromatic amines is 1. The first kappa shape index (κ1) is 14.4. The molecule has 24 heavy (non-hydrogen) atoms. The lowest BCUT2D eigenvalue weighted by Gasteiger charge is -2.00. The van der Waals surface area contributed by atoms with Crippen molar-refractivity contribution in [2.75, 3.05) is 0 Å². The lowest BCUT2D eigenvalue weighted by Crippen LogP contribution is -2.15. The Balaban J connectivity index is 1.75. The van der Waals surface area contributed by atoms with Crippen molar-refractivity contribution in [1.29, 1.82) is 0 Å². The molecule has 2 heterocycles. The van der Waals surface area contributed by atoms with Gasteiger partial charge >= 0.3 is 0 Å². The lowest BCUT2D eigenvalue weighted by molar-refractivity contribution is 0.882. The van der Waals surface area contributed by atoms with Crippen molar-refractivity contribution in [3.63, 3.8) is 0 Å². The van der Waals surface area contributed by atoms with Gasteiger partial charge in [0, 0.05) is 18.1 Å². The number of nitrogens with zero attached hydrogens (tertiary/aromatic N) is 3. The molecule has 0 aliphatic carbocycles. The summed E-state index contributed by atoms with van der Waals surface area (Å²) < 4.78 is 1.38. The average Bonchev–Trinajstić information content (AvgIpc) is 3.01. The standard InChI is InChI=1S/C19H16N4O/c1-13-7-9-15(10-8-13)18-21-19-20-16(12-17(24)23(19)22-18)11-14-5-3-2-4-6-14/h2-10,12H,11H2,1H3,(H,20,21,22). The van der Waals surface area contributed by atoms with Crippen LogP contribution >= 0.6 is 0 Å². The number of hydrogen-bond acceptors (Lipinski definition) is 3. The van der Waals surface area contributed by atoms with Crippen molar-refractivity contribution in [1.82, 2.24) is 19.6 Å². The molecular weight excluding hydrogens is 300 g/mol. The zero-order valence-electron chi connectivity index (χ0n) is 13.2. The number of hydrogen-bond donors (Lipinski definition) is 1. The Kier molecular flexibility index (Phi) is 3.46. The topological polar surface area (TPSA) is 63.1 Å². The van der Waals surface area contributed by atoms with Crippen LogP contribution in [0.25, 0.3) is 17.2 Å². The SMILES string of the molecule is Cc1ccc(-c2nc3nc(Cc4ccccc4)cc(=O)n3[nH]2)cc1. The van der Waals surface area contributed by atoms with E-state index < -0.39 is 0 Å². The van der Waals surface area contributed by atoms with Gasteiger partial charge in [-0.1, -0.05) is 60.2 Å². The zero-order chi connectivity index (χ0) is 16.5. The monoisotopic (exact) mass is 316 g/mol. The quantitative estimate of drug-likeness (QED) is 0.632. The minimum atomic E-state index is -0.156. The molecule has 0 amide bonds. The first-order chi connectivity index (χ1) is 11.7. The molecular formula is C19H16N4O. The fourth-order valence-corrected chi connectivity index (χ4v) is 2.66. The van der Waals surface area contributed by atoms with Crippen LogP contribution in [-0.4, -0.2) is 19.6 Å². The van der Waals surface area contributed by atoms with Crippen LogP contribution in [0.5, 0.6) is 0 Å². The summed E-state index contributed by atoms with van der Waals surface area (Å²) in [5, 5.41) is 3.02. The van der Waals surface area contributed by atoms with Crippen LogP contribution in [0.1, 0.15) is 16.8 Å². The second-order valence-corrected chi connectivity index (χ2v) is 5.82. The fraction of sp³-hybridized carbons (Fsp3) is 0.105. The molecule has 5 heteroatoms. The Bertz CT molecular complexity index is 1050. The van der Waals surface area contributed by atoms with Crippen LogP contribution in [0.3, 0.4) is 0 Å². The van der Waals surface area contributed by atoms with Gasteiger partial charge in [-0.25, -0.2) is 4.98 Å². The van der Waals surface area contributed by atoms with Crippen molar-refractivity contribution in [3.05, 3.63) is 87.8 Å². The molecule has 4 aromatic rings. The summed E-state index contributed by atoms with van der Waals surface area (Å²) in [7, 11) is 0. The minimum Gasteiger partial charge on any atom is -0.271 e. The molecule has 0 atom stereocenters. The third-order valence-corrected chi connectivity index (χ3v) is 3.94. The predicted molar refractivity (Wildman–Crippen MR) is 93.0 cm³/mol. The van der Waals surface area contributed by atoms with E-state index >= 15 is 0 Å². The maximum absolute atomic E-state index is 12.3. The van der Waals surface area contributed by atoms with Gasteiger partial charge in [0.15, 0.2) is 5.82 Å². The number of aromatic nitrogens is 4. The number of aryl methyl sites for hydroxylation is 1. The van der Waals surface area contributed by atoms with E-state index in [2.05, 4.69) is 15.1 Å². The van der Waals surface area contributed by atoms with Crippen molar-refractivity contribution < 1.29 is 0 Å². The van der Waals surface area contributed by atoms with Crippen LogP contribution in [-0.2, 0) is 6.42 Å². The summed E-state index contributed by atoms with van der Waals surface area (Å²) in [6, 6.07) is 19.5. The third-order valence-electron chi connectivity index (χ3n) is 3.94. The Labute approximate surface area is 138 Å². The largest absolute Gasteiger partial charge is 0.274 e. The fourth-order valence-electron chi connectivity index (χ4n) is 2.66.